The quantitative estimate of drug-likeness (QED) is 0.535. The van der Waals surface area contributed by atoms with Crippen LogP contribution in [0, 0.1) is 10.1 Å². The number of hydrogen-bond acceptors (Lipinski definition) is 6. The second-order valence-corrected chi connectivity index (χ2v) is 7.11. The van der Waals surface area contributed by atoms with Gasteiger partial charge in [0.1, 0.15) is 5.69 Å². The Morgan fingerprint density at radius 2 is 1.75 bits per heavy atom. The Balaban J connectivity index is 1.72. The number of nitro groups is 1. The van der Waals surface area contributed by atoms with Crippen LogP contribution in [0.3, 0.4) is 0 Å². The maximum Gasteiger partial charge on any atom is 0.416 e. The van der Waals surface area contributed by atoms with Crippen LogP contribution in [-0.2, 0) is 11.0 Å². The second kappa shape index (κ2) is 9.12. The summed E-state index contributed by atoms with van der Waals surface area (Å²) < 4.78 is 38.4. The predicted octanol–water partition coefficient (Wildman–Crippen LogP) is 3.04. The number of nitro benzene ring substituents is 1. The summed E-state index contributed by atoms with van der Waals surface area (Å²) in [6.07, 6.45) is -4.53. The van der Waals surface area contributed by atoms with Gasteiger partial charge in [0.25, 0.3) is 11.6 Å². The first-order chi connectivity index (χ1) is 15.1. The SMILES string of the molecule is CC(=O)N1CCN(c2ccc(C(=O)NNc3cccc(C(F)(F)F)c3)cc2[N+](=O)[O-])CC1. The molecule has 0 atom stereocenters. The Bertz CT molecular complexity index is 1040. The van der Waals surface area contributed by atoms with E-state index in [2.05, 4.69) is 10.9 Å². The third kappa shape index (κ3) is 5.25. The molecule has 1 aliphatic rings. The zero-order chi connectivity index (χ0) is 23.5. The fourth-order valence-corrected chi connectivity index (χ4v) is 3.31. The fourth-order valence-electron chi connectivity index (χ4n) is 3.31. The van der Waals surface area contributed by atoms with Crippen molar-refractivity contribution in [2.75, 3.05) is 36.5 Å². The Morgan fingerprint density at radius 1 is 1.06 bits per heavy atom. The van der Waals surface area contributed by atoms with E-state index in [0.29, 0.717) is 31.9 Å². The molecule has 32 heavy (non-hydrogen) atoms. The van der Waals surface area contributed by atoms with Crippen molar-refractivity contribution in [3.8, 4) is 0 Å². The molecule has 0 radical (unpaired) electrons. The van der Waals surface area contributed by atoms with Gasteiger partial charge in [0, 0.05) is 44.7 Å². The highest BCUT2D eigenvalue weighted by Crippen LogP contribution is 2.31. The molecule has 1 heterocycles. The van der Waals surface area contributed by atoms with E-state index in [1.807, 2.05) is 0 Å². The van der Waals surface area contributed by atoms with Crippen molar-refractivity contribution in [1.29, 1.82) is 0 Å². The van der Waals surface area contributed by atoms with Crippen molar-refractivity contribution in [3.05, 3.63) is 63.7 Å². The summed E-state index contributed by atoms with van der Waals surface area (Å²) in [7, 11) is 0. The minimum Gasteiger partial charge on any atom is -0.362 e. The van der Waals surface area contributed by atoms with Crippen LogP contribution in [-0.4, -0.2) is 47.8 Å². The lowest BCUT2D eigenvalue weighted by Gasteiger charge is -2.35. The van der Waals surface area contributed by atoms with Crippen molar-refractivity contribution in [3.63, 3.8) is 0 Å². The molecule has 2 amide bonds. The Labute approximate surface area is 180 Å². The van der Waals surface area contributed by atoms with E-state index in [-0.39, 0.29) is 22.8 Å². The molecule has 0 saturated carbocycles. The van der Waals surface area contributed by atoms with E-state index >= 15 is 0 Å². The highest BCUT2D eigenvalue weighted by atomic mass is 19.4. The van der Waals surface area contributed by atoms with Crippen LogP contribution in [0.4, 0.5) is 30.2 Å². The normalized spacial score (nSPS) is 14.1. The van der Waals surface area contributed by atoms with Gasteiger partial charge in [-0.3, -0.25) is 30.6 Å². The first kappa shape index (κ1) is 22.8. The van der Waals surface area contributed by atoms with Gasteiger partial charge in [0.2, 0.25) is 5.91 Å². The number of piperazine rings is 1. The molecule has 1 aliphatic heterocycles. The molecule has 0 aliphatic carbocycles. The zero-order valence-electron chi connectivity index (χ0n) is 17.0. The number of anilines is 2. The number of nitrogens with one attached hydrogen (secondary N) is 2. The highest BCUT2D eigenvalue weighted by Gasteiger charge is 2.30. The lowest BCUT2D eigenvalue weighted by Crippen LogP contribution is -2.48. The molecular formula is C20H20F3N5O4. The molecule has 3 rings (SSSR count). The lowest BCUT2D eigenvalue weighted by atomic mass is 10.1. The first-order valence-corrected chi connectivity index (χ1v) is 9.59. The van der Waals surface area contributed by atoms with E-state index in [9.17, 15) is 32.9 Å². The number of carbonyl (C=O) groups is 2. The van der Waals surface area contributed by atoms with Crippen LogP contribution in [0.2, 0.25) is 0 Å². The molecule has 1 fully saturated rings. The van der Waals surface area contributed by atoms with E-state index in [0.717, 1.165) is 18.2 Å². The predicted molar refractivity (Wildman–Crippen MR) is 110 cm³/mol. The van der Waals surface area contributed by atoms with Crippen LogP contribution in [0.1, 0.15) is 22.8 Å². The molecule has 2 N–H and O–H groups in total. The molecule has 0 unspecified atom stereocenters. The third-order valence-electron chi connectivity index (χ3n) is 5.01. The van der Waals surface area contributed by atoms with Crippen molar-refractivity contribution in [2.45, 2.75) is 13.1 Å². The van der Waals surface area contributed by atoms with Crippen LogP contribution in [0.25, 0.3) is 0 Å². The maximum atomic E-state index is 12.8. The summed E-state index contributed by atoms with van der Waals surface area (Å²) in [4.78, 5) is 38.2. The number of carbonyl (C=O) groups excluding carboxylic acids is 2. The number of benzene rings is 2. The van der Waals surface area contributed by atoms with Gasteiger partial charge in [-0.25, -0.2) is 0 Å². The van der Waals surface area contributed by atoms with Gasteiger partial charge in [0.15, 0.2) is 0 Å². The van der Waals surface area contributed by atoms with Gasteiger partial charge in [-0.05, 0) is 30.3 Å². The number of nitrogens with zero attached hydrogens (tertiary/aromatic N) is 3. The maximum absolute atomic E-state index is 12.8. The fraction of sp³-hybridized carbons (Fsp3) is 0.300. The number of amides is 2. The van der Waals surface area contributed by atoms with Crippen LogP contribution >= 0.6 is 0 Å². The standard InChI is InChI=1S/C20H20F3N5O4/c1-13(29)26-7-9-27(10-8-26)17-6-5-14(11-18(17)28(31)32)19(30)25-24-16-4-2-3-15(12-16)20(21,22)23/h2-6,11-12,24H,7-10H2,1H3,(H,25,30). The summed E-state index contributed by atoms with van der Waals surface area (Å²) in [5.41, 5.74) is 3.73. The van der Waals surface area contributed by atoms with E-state index in [1.54, 1.807) is 9.80 Å². The van der Waals surface area contributed by atoms with Crippen molar-refractivity contribution in [2.24, 2.45) is 0 Å². The number of alkyl halides is 3. The minimum atomic E-state index is -4.53. The van der Waals surface area contributed by atoms with E-state index in [4.69, 9.17) is 0 Å². The van der Waals surface area contributed by atoms with Crippen LogP contribution in [0.5, 0.6) is 0 Å². The molecule has 170 valence electrons. The summed E-state index contributed by atoms with van der Waals surface area (Å²) in [6.45, 7) is 3.12. The molecule has 2 aromatic rings. The molecule has 0 bridgehead atoms. The first-order valence-electron chi connectivity index (χ1n) is 9.59. The minimum absolute atomic E-state index is 0.00244. The number of rotatable bonds is 5. The largest absolute Gasteiger partial charge is 0.416 e. The molecule has 12 heteroatoms. The monoisotopic (exact) mass is 451 g/mol. The molecule has 1 saturated heterocycles. The Morgan fingerprint density at radius 3 is 2.34 bits per heavy atom. The molecule has 0 spiro atoms. The van der Waals surface area contributed by atoms with Gasteiger partial charge in [-0.15, -0.1) is 0 Å². The highest BCUT2D eigenvalue weighted by molar-refractivity contribution is 5.96. The van der Waals surface area contributed by atoms with Gasteiger partial charge >= 0.3 is 6.18 Å². The summed E-state index contributed by atoms with van der Waals surface area (Å²) >= 11 is 0. The van der Waals surface area contributed by atoms with Gasteiger partial charge in [-0.2, -0.15) is 13.2 Å². The van der Waals surface area contributed by atoms with Gasteiger partial charge in [-0.1, -0.05) is 6.07 Å². The Kier molecular flexibility index (Phi) is 6.51. The lowest BCUT2D eigenvalue weighted by molar-refractivity contribution is -0.384. The van der Waals surface area contributed by atoms with Gasteiger partial charge < -0.3 is 9.80 Å². The Hall–Kier alpha value is -3.83. The van der Waals surface area contributed by atoms with E-state index in [1.165, 1.54) is 31.2 Å². The van der Waals surface area contributed by atoms with Gasteiger partial charge in [0.05, 0.1) is 16.2 Å². The van der Waals surface area contributed by atoms with Crippen molar-refractivity contribution >= 4 is 28.9 Å². The molecule has 9 nitrogen and oxygen atoms in total. The number of hydrazine groups is 1. The number of hydrogen-bond donors (Lipinski definition) is 2. The van der Waals surface area contributed by atoms with Crippen molar-refractivity contribution in [1.82, 2.24) is 10.3 Å². The smallest absolute Gasteiger partial charge is 0.362 e. The van der Waals surface area contributed by atoms with E-state index < -0.39 is 22.6 Å². The topological polar surface area (TPSA) is 108 Å². The number of halogens is 3. The molecular weight excluding hydrogens is 431 g/mol. The summed E-state index contributed by atoms with van der Waals surface area (Å²) in [5, 5.41) is 11.6. The zero-order valence-corrected chi connectivity index (χ0v) is 17.0. The molecule has 0 aromatic heterocycles. The van der Waals surface area contributed by atoms with Crippen LogP contribution in [0.15, 0.2) is 42.5 Å². The summed E-state index contributed by atoms with van der Waals surface area (Å²) in [6, 6.07) is 8.18. The average Bonchev–Trinajstić information content (AvgIpc) is 2.76. The second-order valence-electron chi connectivity index (χ2n) is 7.11. The third-order valence-corrected chi connectivity index (χ3v) is 5.01. The molecule has 2 aromatic carbocycles. The van der Waals surface area contributed by atoms with Crippen molar-refractivity contribution < 1.29 is 27.7 Å². The van der Waals surface area contributed by atoms with Crippen LogP contribution < -0.4 is 15.8 Å². The average molecular weight is 451 g/mol. The summed E-state index contributed by atoms with van der Waals surface area (Å²) in [5.74, 6) is -0.821.